The van der Waals surface area contributed by atoms with Crippen LogP contribution in [0.25, 0.3) is 0 Å². The monoisotopic (exact) mass is 200 g/mol. The van der Waals surface area contributed by atoms with Gasteiger partial charge in [-0.2, -0.15) is 0 Å². The topological polar surface area (TPSA) is 72.3 Å². The number of benzene rings is 1. The summed E-state index contributed by atoms with van der Waals surface area (Å²) in [6.07, 6.45) is 0.513. The molecule has 0 saturated heterocycles. The van der Waals surface area contributed by atoms with Gasteiger partial charge in [-0.3, -0.25) is 0 Å². The number of hydrogen-bond donors (Lipinski definition) is 3. The lowest BCUT2D eigenvalue weighted by Gasteiger charge is -2.11. The van der Waals surface area contributed by atoms with E-state index in [-0.39, 0.29) is 6.61 Å². The van der Waals surface area contributed by atoms with Crippen LogP contribution in [0, 0.1) is 6.92 Å². The minimum Gasteiger partial charge on any atom is -0.397 e. The van der Waals surface area contributed by atoms with Gasteiger partial charge in [0, 0.05) is 6.61 Å². The average molecular weight is 201 g/mol. The second-order valence-electron chi connectivity index (χ2n) is 2.95. The molecular weight excluding hydrogens is 188 g/mol. The molecular formula is C9H13ClN2O. The highest BCUT2D eigenvalue weighted by atomic mass is 35.5. The van der Waals surface area contributed by atoms with E-state index in [0.29, 0.717) is 22.8 Å². The second-order valence-corrected chi connectivity index (χ2v) is 3.36. The van der Waals surface area contributed by atoms with Crippen LogP contribution in [0.3, 0.4) is 0 Å². The number of hydrogen-bond acceptors (Lipinski definition) is 3. The maximum absolute atomic E-state index is 8.80. The highest BCUT2D eigenvalue weighted by molar-refractivity contribution is 6.33. The van der Waals surface area contributed by atoms with Crippen molar-refractivity contribution in [2.24, 2.45) is 0 Å². The molecule has 1 aromatic rings. The van der Waals surface area contributed by atoms with Crippen molar-refractivity contribution in [1.29, 1.82) is 0 Å². The molecule has 0 radical (unpaired) electrons. The van der Waals surface area contributed by atoms with Gasteiger partial charge in [-0.25, -0.2) is 0 Å². The molecule has 3 nitrogen and oxygen atoms in total. The molecule has 0 aliphatic carbocycles. The summed E-state index contributed by atoms with van der Waals surface area (Å²) in [7, 11) is 0. The number of aliphatic hydroxyl groups excluding tert-OH is 1. The molecule has 0 saturated carbocycles. The van der Waals surface area contributed by atoms with Crippen molar-refractivity contribution in [2.75, 3.05) is 18.1 Å². The van der Waals surface area contributed by atoms with Gasteiger partial charge in [-0.15, -0.1) is 0 Å². The fourth-order valence-corrected chi connectivity index (χ4v) is 1.57. The number of aryl methyl sites for hydroxylation is 1. The maximum atomic E-state index is 8.80. The Kier molecular flexibility index (Phi) is 3.01. The minimum atomic E-state index is 0.0616. The molecule has 0 bridgehead atoms. The summed E-state index contributed by atoms with van der Waals surface area (Å²) in [6.45, 7) is 1.96. The zero-order chi connectivity index (χ0) is 10.0. The van der Waals surface area contributed by atoms with E-state index < -0.39 is 0 Å². The predicted molar refractivity (Wildman–Crippen MR) is 55.8 cm³/mol. The number of nitrogen functional groups attached to an aromatic ring is 2. The largest absolute Gasteiger partial charge is 0.397 e. The summed E-state index contributed by atoms with van der Waals surface area (Å²) in [5.74, 6) is 0. The van der Waals surface area contributed by atoms with Crippen LogP contribution >= 0.6 is 11.6 Å². The molecule has 0 spiro atoms. The van der Waals surface area contributed by atoms with Crippen molar-refractivity contribution >= 4 is 23.0 Å². The zero-order valence-corrected chi connectivity index (χ0v) is 8.23. The van der Waals surface area contributed by atoms with E-state index in [2.05, 4.69) is 0 Å². The van der Waals surface area contributed by atoms with Crippen LogP contribution in [0.1, 0.15) is 11.1 Å². The van der Waals surface area contributed by atoms with E-state index in [4.69, 9.17) is 28.2 Å². The molecule has 1 aromatic carbocycles. The first-order valence-corrected chi connectivity index (χ1v) is 4.39. The lowest BCUT2D eigenvalue weighted by molar-refractivity contribution is 0.299. The van der Waals surface area contributed by atoms with Gasteiger partial charge in [-0.1, -0.05) is 11.6 Å². The van der Waals surface area contributed by atoms with Gasteiger partial charge in [0.25, 0.3) is 0 Å². The minimum absolute atomic E-state index is 0.0616. The predicted octanol–water partition coefficient (Wildman–Crippen LogP) is 1.35. The quantitative estimate of drug-likeness (QED) is 0.631. The Morgan fingerprint density at radius 2 is 2.00 bits per heavy atom. The Morgan fingerprint density at radius 3 is 2.54 bits per heavy atom. The first-order chi connectivity index (χ1) is 6.07. The molecule has 4 heteroatoms. The molecule has 0 atom stereocenters. The Bertz CT molecular complexity index is 326. The van der Waals surface area contributed by atoms with Crippen molar-refractivity contribution in [3.63, 3.8) is 0 Å². The molecule has 0 amide bonds. The Labute approximate surface area is 82.3 Å². The number of aliphatic hydroxyl groups is 1. The van der Waals surface area contributed by atoms with Crippen molar-refractivity contribution in [2.45, 2.75) is 13.3 Å². The van der Waals surface area contributed by atoms with Gasteiger partial charge in [0.2, 0.25) is 0 Å². The first kappa shape index (κ1) is 10.2. The van der Waals surface area contributed by atoms with Gasteiger partial charge >= 0.3 is 0 Å². The Hall–Kier alpha value is -0.930. The molecule has 0 fully saturated rings. The maximum Gasteiger partial charge on any atom is 0.0740 e. The molecule has 0 aromatic heterocycles. The van der Waals surface area contributed by atoms with Gasteiger partial charge < -0.3 is 16.6 Å². The van der Waals surface area contributed by atoms with Gasteiger partial charge in [0.05, 0.1) is 16.4 Å². The van der Waals surface area contributed by atoms with Gasteiger partial charge in [-0.05, 0) is 30.5 Å². The van der Waals surface area contributed by atoms with E-state index in [1.165, 1.54) is 0 Å². The summed E-state index contributed by atoms with van der Waals surface area (Å²) < 4.78 is 0. The molecule has 72 valence electrons. The summed E-state index contributed by atoms with van der Waals surface area (Å²) in [5, 5.41) is 9.27. The zero-order valence-electron chi connectivity index (χ0n) is 7.47. The molecule has 5 N–H and O–H groups in total. The molecule has 0 unspecified atom stereocenters. The van der Waals surface area contributed by atoms with Crippen LogP contribution in [-0.4, -0.2) is 11.7 Å². The summed E-state index contributed by atoms with van der Waals surface area (Å²) in [5.41, 5.74) is 14.1. The Balaban J connectivity index is 3.26. The fourth-order valence-electron chi connectivity index (χ4n) is 1.30. The third-order valence-electron chi connectivity index (χ3n) is 2.05. The normalized spacial score (nSPS) is 10.4. The van der Waals surface area contributed by atoms with E-state index in [1.54, 1.807) is 6.07 Å². The number of rotatable bonds is 2. The van der Waals surface area contributed by atoms with E-state index in [9.17, 15) is 0 Å². The highest BCUT2D eigenvalue weighted by Crippen LogP contribution is 2.31. The summed E-state index contributed by atoms with van der Waals surface area (Å²) in [6, 6.07) is 1.76. The number of halogens is 1. The standard InChI is InChI=1S/C9H13ClN2O/c1-5-4-7(10)9(12)8(11)6(5)2-3-13/h4,13H,2-3,11-12H2,1H3. The van der Waals surface area contributed by atoms with Crippen LogP contribution in [0.15, 0.2) is 6.07 Å². The van der Waals surface area contributed by atoms with Crippen LogP contribution < -0.4 is 11.5 Å². The van der Waals surface area contributed by atoms with Gasteiger partial charge in [0.1, 0.15) is 0 Å². The van der Waals surface area contributed by atoms with Crippen molar-refractivity contribution < 1.29 is 5.11 Å². The van der Waals surface area contributed by atoms with Crippen LogP contribution in [0.2, 0.25) is 5.02 Å². The highest BCUT2D eigenvalue weighted by Gasteiger charge is 2.09. The van der Waals surface area contributed by atoms with Crippen LogP contribution in [0.4, 0.5) is 11.4 Å². The lowest BCUT2D eigenvalue weighted by Crippen LogP contribution is -2.04. The van der Waals surface area contributed by atoms with Crippen LogP contribution in [0.5, 0.6) is 0 Å². The fraction of sp³-hybridized carbons (Fsp3) is 0.333. The molecule has 0 heterocycles. The van der Waals surface area contributed by atoms with Crippen molar-refractivity contribution in [3.8, 4) is 0 Å². The van der Waals surface area contributed by atoms with E-state index in [1.807, 2.05) is 6.92 Å². The number of nitrogens with two attached hydrogens (primary N) is 2. The summed E-state index contributed by atoms with van der Waals surface area (Å²) in [4.78, 5) is 0. The molecule has 1 rings (SSSR count). The third-order valence-corrected chi connectivity index (χ3v) is 2.37. The Morgan fingerprint density at radius 1 is 1.38 bits per heavy atom. The molecule has 0 aliphatic rings. The van der Waals surface area contributed by atoms with Crippen LogP contribution in [-0.2, 0) is 6.42 Å². The SMILES string of the molecule is Cc1cc(Cl)c(N)c(N)c1CCO. The number of anilines is 2. The first-order valence-electron chi connectivity index (χ1n) is 4.01. The van der Waals surface area contributed by atoms with E-state index in [0.717, 1.165) is 11.1 Å². The second kappa shape index (κ2) is 3.85. The summed E-state index contributed by atoms with van der Waals surface area (Å²) >= 11 is 5.82. The lowest BCUT2D eigenvalue weighted by atomic mass is 10.0. The molecule has 13 heavy (non-hydrogen) atoms. The molecule has 0 aliphatic heterocycles. The average Bonchev–Trinajstić information content (AvgIpc) is 2.09. The van der Waals surface area contributed by atoms with Gasteiger partial charge in [0.15, 0.2) is 0 Å². The smallest absolute Gasteiger partial charge is 0.0740 e. The van der Waals surface area contributed by atoms with E-state index >= 15 is 0 Å². The van der Waals surface area contributed by atoms with Crippen molar-refractivity contribution in [3.05, 3.63) is 22.2 Å². The third kappa shape index (κ3) is 1.87. The van der Waals surface area contributed by atoms with Crippen molar-refractivity contribution in [1.82, 2.24) is 0 Å².